The molecule has 0 saturated carbocycles. The monoisotopic (exact) mass is 224 g/mol. The second kappa shape index (κ2) is 6.11. The van der Waals surface area contributed by atoms with Gasteiger partial charge in [-0.2, -0.15) is 0 Å². The van der Waals surface area contributed by atoms with Crippen molar-refractivity contribution in [1.82, 2.24) is 4.90 Å². The largest absolute Gasteiger partial charge is 0.770 e. The first-order valence-corrected chi connectivity index (χ1v) is 4.73. The van der Waals surface area contributed by atoms with E-state index >= 15 is 0 Å². The number of carboxylic acids is 1. The molecule has 0 aliphatic heterocycles. The van der Waals surface area contributed by atoms with Crippen LogP contribution in [0.25, 0.3) is 0 Å². The molecule has 8 nitrogen and oxygen atoms in total. The normalized spacial score (nSPS) is 12.1. The van der Waals surface area contributed by atoms with Crippen LogP contribution in [0, 0.1) is 0 Å². The minimum Gasteiger partial charge on any atom is -0.480 e. The van der Waals surface area contributed by atoms with Crippen molar-refractivity contribution in [3.63, 3.8) is 0 Å². The van der Waals surface area contributed by atoms with Crippen molar-refractivity contribution >= 4 is 20.2 Å². The Kier molecular flexibility index (Phi) is 5.50. The minimum absolute atomic E-state index is 0.257. The first-order chi connectivity index (χ1) is 6.47. The fraction of sp³-hybridized carbons (Fsp3) is 0.600. The van der Waals surface area contributed by atoms with Crippen molar-refractivity contribution in [2.45, 2.75) is 6.92 Å². The lowest BCUT2D eigenvalue weighted by Crippen LogP contribution is -2.40. The van der Waals surface area contributed by atoms with E-state index in [9.17, 15) is 9.36 Å². The first-order valence-electron chi connectivity index (χ1n) is 3.60. The molecule has 0 aromatic heterocycles. The van der Waals surface area contributed by atoms with E-state index in [-0.39, 0.29) is 12.5 Å². The lowest BCUT2D eigenvalue weighted by molar-refractivity contribution is -0.137. The van der Waals surface area contributed by atoms with Gasteiger partial charge < -0.3 is 15.7 Å². The average molecular weight is 224 g/mol. The summed E-state index contributed by atoms with van der Waals surface area (Å²) in [5.41, 5.74) is 5.27. The molecule has 0 aliphatic carbocycles. The number of likely N-dealkylation sites (N-methyl/N-ethyl adjacent to an activating group) is 1. The molecule has 1 atom stereocenters. The summed E-state index contributed by atoms with van der Waals surface area (Å²) in [7, 11) is -2.87. The molecule has 0 aromatic carbocycles. The third-order valence-corrected chi connectivity index (χ3v) is 1.46. The fourth-order valence-corrected chi connectivity index (χ4v) is 0.806. The van der Waals surface area contributed by atoms with Crippen LogP contribution in [0.15, 0.2) is 5.16 Å². The number of oxime groups is 1. The van der Waals surface area contributed by atoms with E-state index in [0.29, 0.717) is 6.54 Å². The van der Waals surface area contributed by atoms with Crippen LogP contribution < -0.4 is 5.73 Å². The lowest BCUT2D eigenvalue weighted by atomic mass is 10.5. The van der Waals surface area contributed by atoms with Crippen LogP contribution in [0.3, 0.4) is 0 Å². The number of hydrogen-bond donors (Lipinski definition) is 3. The van der Waals surface area contributed by atoms with Crippen molar-refractivity contribution in [3.8, 4) is 0 Å². The molecule has 4 N–H and O–H groups in total. The molecule has 9 heteroatoms. The number of guanidine groups is 1. The molecule has 0 fully saturated rings. The van der Waals surface area contributed by atoms with Crippen molar-refractivity contribution in [3.05, 3.63) is 0 Å². The SMILES string of the molecule is CCN(CC(=O)O)C(N)=NO[P+](=O)O. The Balaban J connectivity index is 4.28. The second-order valence-corrected chi connectivity index (χ2v) is 2.82. The van der Waals surface area contributed by atoms with Crippen molar-refractivity contribution in [1.29, 1.82) is 0 Å². The number of rotatable bonds is 5. The van der Waals surface area contributed by atoms with Crippen LogP contribution in [0.4, 0.5) is 0 Å². The lowest BCUT2D eigenvalue weighted by Gasteiger charge is -2.16. The van der Waals surface area contributed by atoms with Gasteiger partial charge in [0, 0.05) is 16.3 Å². The zero-order chi connectivity index (χ0) is 11.1. The summed E-state index contributed by atoms with van der Waals surface area (Å²) >= 11 is 0. The van der Waals surface area contributed by atoms with Gasteiger partial charge in [-0.1, -0.05) is 0 Å². The van der Waals surface area contributed by atoms with Crippen LogP contribution >= 0.6 is 8.25 Å². The summed E-state index contributed by atoms with van der Waals surface area (Å²) < 4.78 is 14.0. The summed E-state index contributed by atoms with van der Waals surface area (Å²) in [4.78, 5) is 19.7. The molecule has 0 aromatic rings. The highest BCUT2D eigenvalue weighted by Gasteiger charge is 2.15. The summed E-state index contributed by atoms with van der Waals surface area (Å²) in [6, 6.07) is 0. The molecule has 14 heavy (non-hydrogen) atoms. The van der Waals surface area contributed by atoms with Gasteiger partial charge in [0.25, 0.3) is 0 Å². The maximum Gasteiger partial charge on any atom is 0.770 e. The zero-order valence-corrected chi connectivity index (χ0v) is 8.35. The summed E-state index contributed by atoms with van der Waals surface area (Å²) in [5.74, 6) is -1.34. The Morgan fingerprint density at radius 1 is 1.71 bits per heavy atom. The van der Waals surface area contributed by atoms with Gasteiger partial charge in [-0.3, -0.25) is 4.79 Å². The summed E-state index contributed by atoms with van der Waals surface area (Å²) in [6.07, 6.45) is 0. The Hall–Kier alpha value is -1.40. The van der Waals surface area contributed by atoms with Crippen molar-refractivity contribution in [2.24, 2.45) is 10.9 Å². The first kappa shape index (κ1) is 12.6. The van der Waals surface area contributed by atoms with E-state index in [1.165, 1.54) is 4.90 Å². The number of aliphatic carboxylic acids is 1. The molecular weight excluding hydrogens is 213 g/mol. The van der Waals surface area contributed by atoms with Crippen molar-refractivity contribution in [2.75, 3.05) is 13.1 Å². The van der Waals surface area contributed by atoms with Crippen LogP contribution in [0.2, 0.25) is 0 Å². The van der Waals surface area contributed by atoms with E-state index in [1.54, 1.807) is 6.92 Å². The standard InChI is InChI=1S/C5H10N3O5P/c1-2-8(3-4(9)10)5(6)7-13-14(11)12/h2-3H2,1H3,(H3-,6,7,9,10,11,12)/p+1. The number of nitrogens with zero attached hydrogens (tertiary/aromatic N) is 2. The molecule has 0 spiro atoms. The molecule has 1 unspecified atom stereocenters. The highest BCUT2D eigenvalue weighted by atomic mass is 31.1. The van der Waals surface area contributed by atoms with Crippen LogP contribution in [0.1, 0.15) is 6.92 Å². The fourth-order valence-electron chi connectivity index (χ4n) is 0.653. The van der Waals surface area contributed by atoms with E-state index in [2.05, 4.69) is 9.78 Å². The second-order valence-electron chi connectivity index (χ2n) is 2.18. The number of nitrogens with two attached hydrogens (primary N) is 1. The molecule has 0 rings (SSSR count). The number of carboxylic acid groups (broad SMARTS) is 1. The molecular formula is C5H11N3O5P+. The van der Waals surface area contributed by atoms with E-state index in [0.717, 1.165) is 0 Å². The van der Waals surface area contributed by atoms with Crippen LogP contribution in [-0.2, 0) is 14.0 Å². The number of hydrogen-bond acceptors (Lipinski definition) is 4. The smallest absolute Gasteiger partial charge is 0.480 e. The molecule has 80 valence electrons. The van der Waals surface area contributed by atoms with Gasteiger partial charge >= 0.3 is 14.2 Å². The Morgan fingerprint density at radius 3 is 2.64 bits per heavy atom. The topological polar surface area (TPSA) is 125 Å². The van der Waals surface area contributed by atoms with Gasteiger partial charge in [0.2, 0.25) is 5.96 Å². The molecule has 0 amide bonds. The molecule has 0 heterocycles. The third kappa shape index (κ3) is 5.28. The maximum absolute atomic E-state index is 10.3. The van der Waals surface area contributed by atoms with Crippen molar-refractivity contribution < 1.29 is 24.0 Å². The highest BCUT2D eigenvalue weighted by molar-refractivity contribution is 7.32. The minimum atomic E-state index is -2.87. The quantitative estimate of drug-likeness (QED) is 0.243. The summed E-state index contributed by atoms with van der Waals surface area (Å²) in [6.45, 7) is 1.61. The van der Waals surface area contributed by atoms with E-state index in [4.69, 9.17) is 15.7 Å². The predicted octanol–water partition coefficient (Wildman–Crippen LogP) is -0.711. The van der Waals surface area contributed by atoms with Gasteiger partial charge in [-0.25, -0.2) is 0 Å². The molecule has 0 radical (unpaired) electrons. The van der Waals surface area contributed by atoms with Gasteiger partial charge in [0.15, 0.2) is 0 Å². The Morgan fingerprint density at radius 2 is 2.29 bits per heavy atom. The van der Waals surface area contributed by atoms with E-state index in [1.807, 2.05) is 0 Å². The highest BCUT2D eigenvalue weighted by Crippen LogP contribution is 2.14. The summed E-state index contributed by atoms with van der Waals surface area (Å²) in [5, 5.41) is 11.5. The van der Waals surface area contributed by atoms with Crippen LogP contribution in [0.5, 0.6) is 0 Å². The van der Waals surface area contributed by atoms with Crippen LogP contribution in [-0.4, -0.2) is 39.9 Å². The average Bonchev–Trinajstić information content (AvgIpc) is 2.09. The Bertz CT molecular complexity index is 256. The van der Waals surface area contributed by atoms with Gasteiger partial charge in [0.05, 0.1) is 0 Å². The zero-order valence-electron chi connectivity index (χ0n) is 7.45. The molecule has 0 aliphatic rings. The third-order valence-electron chi connectivity index (χ3n) is 1.24. The maximum atomic E-state index is 10.3. The molecule has 0 bridgehead atoms. The number of carbonyl (C=O) groups is 1. The van der Waals surface area contributed by atoms with Gasteiger partial charge in [-0.05, 0) is 6.92 Å². The predicted molar refractivity (Wildman–Crippen MR) is 47.4 cm³/mol. The van der Waals surface area contributed by atoms with Gasteiger partial charge in [0.1, 0.15) is 6.54 Å². The Labute approximate surface area is 80.9 Å². The van der Waals surface area contributed by atoms with Gasteiger partial charge in [-0.15, -0.1) is 9.52 Å². The molecule has 0 saturated heterocycles. The van der Waals surface area contributed by atoms with E-state index < -0.39 is 14.2 Å².